The SMILES string of the molecule is O=C(O)c1nc(C(F)F)cc(Br)c1F. The average molecular weight is 270 g/mol. The monoisotopic (exact) mass is 269 g/mol. The van der Waals surface area contributed by atoms with Gasteiger partial charge in [-0.05, 0) is 22.0 Å². The molecule has 1 aromatic heterocycles. The molecule has 0 bridgehead atoms. The number of alkyl halides is 2. The van der Waals surface area contributed by atoms with E-state index in [4.69, 9.17) is 5.11 Å². The fourth-order valence-corrected chi connectivity index (χ4v) is 1.19. The Morgan fingerprint density at radius 1 is 1.57 bits per heavy atom. The summed E-state index contributed by atoms with van der Waals surface area (Å²) < 4.78 is 36.9. The van der Waals surface area contributed by atoms with Crippen LogP contribution in [0.3, 0.4) is 0 Å². The van der Waals surface area contributed by atoms with Crippen molar-refractivity contribution in [3.8, 4) is 0 Å². The van der Waals surface area contributed by atoms with E-state index >= 15 is 0 Å². The molecule has 14 heavy (non-hydrogen) atoms. The highest BCUT2D eigenvalue weighted by Crippen LogP contribution is 2.24. The molecule has 76 valence electrons. The number of pyridine rings is 1. The molecule has 0 aromatic carbocycles. The van der Waals surface area contributed by atoms with Crippen molar-refractivity contribution in [2.75, 3.05) is 0 Å². The largest absolute Gasteiger partial charge is 0.476 e. The zero-order valence-electron chi connectivity index (χ0n) is 6.47. The van der Waals surface area contributed by atoms with Gasteiger partial charge in [-0.1, -0.05) is 0 Å². The molecule has 0 amide bonds. The molecular formula is C7H3BrF3NO2. The van der Waals surface area contributed by atoms with Gasteiger partial charge in [0.2, 0.25) is 0 Å². The summed E-state index contributed by atoms with van der Waals surface area (Å²) >= 11 is 2.62. The Bertz CT molecular complexity index is 383. The van der Waals surface area contributed by atoms with Gasteiger partial charge in [-0.2, -0.15) is 0 Å². The van der Waals surface area contributed by atoms with Gasteiger partial charge in [0, 0.05) is 0 Å². The van der Waals surface area contributed by atoms with Crippen LogP contribution >= 0.6 is 15.9 Å². The number of hydrogen-bond acceptors (Lipinski definition) is 2. The van der Waals surface area contributed by atoms with Crippen molar-refractivity contribution in [1.29, 1.82) is 0 Å². The van der Waals surface area contributed by atoms with Crippen LogP contribution in [-0.4, -0.2) is 16.1 Å². The van der Waals surface area contributed by atoms with Crippen LogP contribution in [0.1, 0.15) is 22.6 Å². The van der Waals surface area contributed by atoms with E-state index in [2.05, 4.69) is 20.9 Å². The fraction of sp³-hybridized carbons (Fsp3) is 0.143. The first-order chi connectivity index (χ1) is 6.43. The zero-order chi connectivity index (χ0) is 10.9. The summed E-state index contributed by atoms with van der Waals surface area (Å²) in [7, 11) is 0. The second kappa shape index (κ2) is 3.95. The van der Waals surface area contributed by atoms with Gasteiger partial charge < -0.3 is 5.11 Å². The van der Waals surface area contributed by atoms with Gasteiger partial charge in [-0.15, -0.1) is 0 Å². The molecule has 7 heteroatoms. The highest BCUT2D eigenvalue weighted by Gasteiger charge is 2.20. The number of nitrogens with zero attached hydrogens (tertiary/aromatic N) is 1. The van der Waals surface area contributed by atoms with Crippen LogP contribution in [0.25, 0.3) is 0 Å². The average Bonchev–Trinajstić information content (AvgIpc) is 2.08. The van der Waals surface area contributed by atoms with Crippen LogP contribution in [0.2, 0.25) is 0 Å². The van der Waals surface area contributed by atoms with Gasteiger partial charge in [0.05, 0.1) is 4.47 Å². The summed E-state index contributed by atoms with van der Waals surface area (Å²) in [6.07, 6.45) is -2.94. The highest BCUT2D eigenvalue weighted by molar-refractivity contribution is 9.10. The van der Waals surface area contributed by atoms with Crippen molar-refractivity contribution < 1.29 is 23.1 Å². The molecule has 0 aliphatic rings. The van der Waals surface area contributed by atoms with Gasteiger partial charge in [-0.25, -0.2) is 22.9 Å². The van der Waals surface area contributed by atoms with Gasteiger partial charge in [0.1, 0.15) is 5.69 Å². The number of carbonyl (C=O) groups is 1. The number of rotatable bonds is 2. The van der Waals surface area contributed by atoms with Crippen LogP contribution in [0.5, 0.6) is 0 Å². The number of aromatic carboxylic acids is 1. The first kappa shape index (κ1) is 11.0. The second-order valence-corrected chi connectivity index (χ2v) is 3.15. The van der Waals surface area contributed by atoms with Crippen LogP contribution in [0, 0.1) is 5.82 Å². The molecule has 1 N–H and O–H groups in total. The minimum absolute atomic E-state index is 0.347. The van der Waals surface area contributed by atoms with Crippen molar-refractivity contribution in [3.05, 3.63) is 27.7 Å². The molecule has 0 aliphatic carbocycles. The Balaban J connectivity index is 3.35. The third-order valence-corrected chi connectivity index (χ3v) is 1.94. The van der Waals surface area contributed by atoms with E-state index in [1.165, 1.54) is 0 Å². The quantitative estimate of drug-likeness (QED) is 0.898. The van der Waals surface area contributed by atoms with Crippen LogP contribution < -0.4 is 0 Å². The summed E-state index contributed by atoms with van der Waals surface area (Å²) in [4.78, 5) is 13.4. The Labute approximate surface area is 84.7 Å². The van der Waals surface area contributed by atoms with E-state index in [0.29, 0.717) is 0 Å². The molecule has 0 atom stereocenters. The maximum absolute atomic E-state index is 13.0. The lowest BCUT2D eigenvalue weighted by molar-refractivity contribution is 0.0682. The van der Waals surface area contributed by atoms with Crippen LogP contribution in [0.4, 0.5) is 13.2 Å². The molecule has 0 fully saturated rings. The maximum Gasteiger partial charge on any atom is 0.357 e. The molecule has 1 rings (SSSR count). The smallest absolute Gasteiger partial charge is 0.357 e. The Hall–Kier alpha value is -1.11. The highest BCUT2D eigenvalue weighted by atomic mass is 79.9. The van der Waals surface area contributed by atoms with E-state index in [1.807, 2.05) is 0 Å². The minimum atomic E-state index is -2.94. The standard InChI is InChI=1S/C7H3BrF3NO2/c8-2-1-3(6(10)11)12-5(4(2)9)7(13)14/h1,6H,(H,13,14). The molecule has 1 aromatic rings. The van der Waals surface area contributed by atoms with E-state index in [-0.39, 0.29) is 4.47 Å². The minimum Gasteiger partial charge on any atom is -0.476 e. The lowest BCUT2D eigenvalue weighted by atomic mass is 10.3. The molecule has 0 aliphatic heterocycles. The van der Waals surface area contributed by atoms with E-state index < -0.39 is 29.6 Å². The number of aromatic nitrogens is 1. The number of carboxylic acid groups (broad SMARTS) is 1. The predicted molar refractivity (Wildman–Crippen MR) is 43.8 cm³/mol. The summed E-state index contributed by atoms with van der Waals surface area (Å²) in [6, 6.07) is 0.742. The topological polar surface area (TPSA) is 50.2 Å². The molecule has 1 heterocycles. The van der Waals surface area contributed by atoms with Crippen molar-refractivity contribution in [1.82, 2.24) is 4.98 Å². The van der Waals surface area contributed by atoms with Crippen molar-refractivity contribution in [3.63, 3.8) is 0 Å². The summed E-state index contributed by atoms with van der Waals surface area (Å²) in [6.45, 7) is 0. The number of carboxylic acids is 1. The van der Waals surface area contributed by atoms with Gasteiger partial charge in [0.15, 0.2) is 11.5 Å². The van der Waals surface area contributed by atoms with Crippen molar-refractivity contribution in [2.45, 2.75) is 6.43 Å². The Kier molecular flexibility index (Phi) is 3.10. The Morgan fingerprint density at radius 2 is 2.14 bits per heavy atom. The molecule has 0 radical (unpaired) electrons. The van der Waals surface area contributed by atoms with E-state index in [0.717, 1.165) is 6.07 Å². The maximum atomic E-state index is 13.0. The van der Waals surface area contributed by atoms with E-state index in [9.17, 15) is 18.0 Å². The molecule has 3 nitrogen and oxygen atoms in total. The second-order valence-electron chi connectivity index (χ2n) is 2.30. The van der Waals surface area contributed by atoms with Gasteiger partial charge >= 0.3 is 5.97 Å². The predicted octanol–water partition coefficient (Wildman–Crippen LogP) is 2.62. The molecular weight excluding hydrogens is 267 g/mol. The third-order valence-electron chi connectivity index (χ3n) is 1.36. The first-order valence-corrected chi connectivity index (χ1v) is 4.10. The van der Waals surface area contributed by atoms with Gasteiger partial charge in [-0.3, -0.25) is 0 Å². The first-order valence-electron chi connectivity index (χ1n) is 3.31. The molecule has 0 saturated carbocycles. The summed E-state index contributed by atoms with van der Waals surface area (Å²) in [5.74, 6) is -2.85. The van der Waals surface area contributed by atoms with Crippen molar-refractivity contribution in [2.24, 2.45) is 0 Å². The number of hydrogen-bond donors (Lipinski definition) is 1. The summed E-state index contributed by atoms with van der Waals surface area (Å²) in [5, 5.41) is 8.43. The van der Waals surface area contributed by atoms with Crippen LogP contribution in [-0.2, 0) is 0 Å². The normalized spacial score (nSPS) is 10.6. The number of halogens is 4. The van der Waals surface area contributed by atoms with Crippen molar-refractivity contribution >= 4 is 21.9 Å². The third kappa shape index (κ3) is 2.03. The van der Waals surface area contributed by atoms with Crippen LogP contribution in [0.15, 0.2) is 10.5 Å². The molecule has 0 spiro atoms. The lowest BCUT2D eigenvalue weighted by Crippen LogP contribution is -2.07. The van der Waals surface area contributed by atoms with E-state index in [1.54, 1.807) is 0 Å². The van der Waals surface area contributed by atoms with Gasteiger partial charge in [0.25, 0.3) is 6.43 Å². The summed E-state index contributed by atoms with van der Waals surface area (Å²) in [5.41, 5.74) is -1.80. The lowest BCUT2D eigenvalue weighted by Gasteiger charge is -2.03. The Morgan fingerprint density at radius 3 is 2.57 bits per heavy atom. The zero-order valence-corrected chi connectivity index (χ0v) is 8.06. The fourth-order valence-electron chi connectivity index (χ4n) is 0.770. The molecule has 0 unspecified atom stereocenters. The molecule has 0 saturated heterocycles.